The quantitative estimate of drug-likeness (QED) is 0.477. The summed E-state index contributed by atoms with van der Waals surface area (Å²) in [5.41, 5.74) is 1.21. The summed E-state index contributed by atoms with van der Waals surface area (Å²) in [5, 5.41) is 3.30. The smallest absolute Gasteiger partial charge is 0.433 e. The number of nitrogens with one attached hydrogen (secondary N) is 1. The lowest BCUT2D eigenvalue weighted by Crippen LogP contribution is -2.49. The first-order valence-corrected chi connectivity index (χ1v) is 11.3. The maximum Gasteiger partial charge on any atom is 0.433 e. The van der Waals surface area contributed by atoms with Crippen LogP contribution in [0.5, 0.6) is 5.75 Å². The number of alkyl halides is 3. The van der Waals surface area contributed by atoms with Crippen LogP contribution in [0, 0.1) is 6.92 Å². The number of amides is 1. The van der Waals surface area contributed by atoms with Gasteiger partial charge in [0, 0.05) is 42.6 Å². The Morgan fingerprint density at radius 2 is 1.71 bits per heavy atom. The molecule has 0 atom stereocenters. The first-order valence-electron chi connectivity index (χ1n) is 11.0. The summed E-state index contributed by atoms with van der Waals surface area (Å²) in [7, 11) is 1.60. The number of benzene rings is 2. The molecule has 1 N–H and O–H groups in total. The second-order valence-electron chi connectivity index (χ2n) is 8.15. The molecular formula is C25H24ClF3N4O2. The highest BCUT2D eigenvalue weighted by atomic mass is 35.5. The predicted molar refractivity (Wildman–Crippen MR) is 130 cm³/mol. The normalized spacial score (nSPS) is 14.1. The molecule has 0 saturated carbocycles. The number of carbonyl (C=O) groups is 1. The zero-order valence-electron chi connectivity index (χ0n) is 19.2. The molecule has 4 rings (SSSR count). The number of hydrogen-bond donors (Lipinski definition) is 1. The molecule has 1 aliphatic heterocycles. The molecular weight excluding hydrogens is 481 g/mol. The fourth-order valence-electron chi connectivity index (χ4n) is 3.87. The largest absolute Gasteiger partial charge is 0.497 e. The second kappa shape index (κ2) is 10.0. The number of ether oxygens (including phenoxy) is 1. The molecule has 0 bridgehead atoms. The van der Waals surface area contributed by atoms with Gasteiger partial charge in [0.25, 0.3) is 5.91 Å². The van der Waals surface area contributed by atoms with Crippen LogP contribution in [0.25, 0.3) is 0 Å². The zero-order chi connectivity index (χ0) is 25.2. The van der Waals surface area contributed by atoms with Gasteiger partial charge in [-0.3, -0.25) is 4.79 Å². The van der Waals surface area contributed by atoms with Gasteiger partial charge in [0.05, 0.1) is 12.7 Å². The number of hydrogen-bond acceptors (Lipinski definition) is 5. The number of nitrogens with zero attached hydrogens (tertiary/aromatic N) is 3. The Bertz CT molecular complexity index is 1210. The Hall–Kier alpha value is -3.46. The summed E-state index contributed by atoms with van der Waals surface area (Å²) in [6.07, 6.45) is -4.65. The summed E-state index contributed by atoms with van der Waals surface area (Å²) in [6.45, 7) is 3.79. The number of carbonyl (C=O) groups excluding carboxylic acids is 1. The van der Waals surface area contributed by atoms with Crippen LogP contribution < -0.4 is 15.0 Å². The Labute approximate surface area is 206 Å². The molecule has 0 spiro atoms. The average molecular weight is 505 g/mol. The van der Waals surface area contributed by atoms with Crippen LogP contribution in [0.3, 0.4) is 0 Å². The van der Waals surface area contributed by atoms with E-state index in [4.69, 9.17) is 16.3 Å². The molecule has 0 unspecified atom stereocenters. The standard InChI is InChI=1S/C25H24ClF3N4O2/c1-16-3-4-17(26)15-21(16)30-23-20(9-10-22(31-23)25(27,28)29)24(34)33-13-11-32(12-14-33)18-5-7-19(35-2)8-6-18/h3-10,15H,11-14H2,1-2H3,(H,30,31). The minimum absolute atomic E-state index is 0.0651. The third-order valence-electron chi connectivity index (χ3n) is 5.87. The van der Waals surface area contributed by atoms with E-state index in [0.717, 1.165) is 23.1 Å². The number of halogens is 4. The van der Waals surface area contributed by atoms with Gasteiger partial charge in [0.1, 0.15) is 17.3 Å². The maximum atomic E-state index is 13.4. The second-order valence-corrected chi connectivity index (χ2v) is 8.59. The van der Waals surface area contributed by atoms with Gasteiger partial charge in [-0.1, -0.05) is 17.7 Å². The van der Waals surface area contributed by atoms with E-state index in [1.165, 1.54) is 6.07 Å². The lowest BCUT2D eigenvalue weighted by molar-refractivity contribution is -0.141. The van der Waals surface area contributed by atoms with Gasteiger partial charge < -0.3 is 19.9 Å². The molecule has 1 aliphatic rings. The fraction of sp³-hybridized carbons (Fsp3) is 0.280. The third-order valence-corrected chi connectivity index (χ3v) is 6.11. The Balaban J connectivity index is 1.56. The minimum Gasteiger partial charge on any atom is -0.497 e. The highest BCUT2D eigenvalue weighted by Gasteiger charge is 2.34. The number of aryl methyl sites for hydroxylation is 1. The van der Waals surface area contributed by atoms with Crippen molar-refractivity contribution >= 4 is 34.7 Å². The lowest BCUT2D eigenvalue weighted by Gasteiger charge is -2.36. The van der Waals surface area contributed by atoms with Crippen molar-refractivity contribution in [2.45, 2.75) is 13.1 Å². The lowest BCUT2D eigenvalue weighted by atomic mass is 10.1. The monoisotopic (exact) mass is 504 g/mol. The molecule has 0 aliphatic carbocycles. The summed E-state index contributed by atoms with van der Waals surface area (Å²) in [5.74, 6) is 0.211. The van der Waals surface area contributed by atoms with Crippen molar-refractivity contribution in [3.8, 4) is 5.75 Å². The van der Waals surface area contributed by atoms with Crippen LogP contribution >= 0.6 is 11.6 Å². The third kappa shape index (κ3) is 5.62. The van der Waals surface area contributed by atoms with Crippen molar-refractivity contribution in [2.75, 3.05) is 43.5 Å². The van der Waals surface area contributed by atoms with Crippen molar-refractivity contribution < 1.29 is 22.7 Å². The van der Waals surface area contributed by atoms with E-state index in [9.17, 15) is 18.0 Å². The molecule has 10 heteroatoms. The molecule has 1 saturated heterocycles. The summed E-state index contributed by atoms with van der Waals surface area (Å²) >= 11 is 6.06. The SMILES string of the molecule is COc1ccc(N2CCN(C(=O)c3ccc(C(F)(F)F)nc3Nc3cc(Cl)ccc3C)CC2)cc1. The zero-order valence-corrected chi connectivity index (χ0v) is 20.0. The van der Waals surface area contributed by atoms with E-state index in [2.05, 4.69) is 15.2 Å². The first-order chi connectivity index (χ1) is 16.7. The summed E-state index contributed by atoms with van der Waals surface area (Å²) < 4.78 is 45.3. The van der Waals surface area contributed by atoms with Gasteiger partial charge in [-0.25, -0.2) is 4.98 Å². The highest BCUT2D eigenvalue weighted by Crippen LogP contribution is 2.32. The molecule has 1 aromatic heterocycles. The summed E-state index contributed by atoms with van der Waals surface area (Å²) in [4.78, 5) is 20.9. The van der Waals surface area contributed by atoms with Crippen molar-refractivity contribution in [1.82, 2.24) is 9.88 Å². The van der Waals surface area contributed by atoms with Gasteiger partial charge in [0.2, 0.25) is 0 Å². The van der Waals surface area contributed by atoms with E-state index in [0.29, 0.717) is 36.9 Å². The van der Waals surface area contributed by atoms with Gasteiger partial charge in [-0.05, 0) is 61.0 Å². The Kier molecular flexibility index (Phi) is 7.07. The Morgan fingerprint density at radius 1 is 1.03 bits per heavy atom. The number of pyridine rings is 1. The predicted octanol–water partition coefficient (Wildman–Crippen LogP) is 5.78. The molecule has 2 aromatic carbocycles. The van der Waals surface area contributed by atoms with Crippen LogP contribution in [0.4, 0.5) is 30.4 Å². The maximum absolute atomic E-state index is 13.4. The van der Waals surface area contributed by atoms with Gasteiger partial charge in [-0.15, -0.1) is 0 Å². The average Bonchev–Trinajstić information content (AvgIpc) is 2.85. The number of anilines is 3. The van der Waals surface area contributed by atoms with Crippen molar-refractivity contribution in [2.24, 2.45) is 0 Å². The molecule has 0 radical (unpaired) electrons. The minimum atomic E-state index is -4.65. The molecule has 3 aromatic rings. The number of rotatable bonds is 5. The number of methoxy groups -OCH3 is 1. The van der Waals surface area contributed by atoms with Gasteiger partial charge in [-0.2, -0.15) is 13.2 Å². The van der Waals surface area contributed by atoms with Crippen LogP contribution in [0.2, 0.25) is 5.02 Å². The summed E-state index contributed by atoms with van der Waals surface area (Å²) in [6, 6.07) is 14.6. The van der Waals surface area contributed by atoms with Crippen LogP contribution in [0.15, 0.2) is 54.6 Å². The fourth-order valence-corrected chi connectivity index (χ4v) is 4.04. The van der Waals surface area contributed by atoms with Crippen LogP contribution in [0.1, 0.15) is 21.6 Å². The van der Waals surface area contributed by atoms with Crippen LogP contribution in [-0.2, 0) is 6.18 Å². The first kappa shape index (κ1) is 24.7. The molecule has 1 amide bonds. The van der Waals surface area contributed by atoms with E-state index in [1.807, 2.05) is 24.3 Å². The van der Waals surface area contributed by atoms with Gasteiger partial charge >= 0.3 is 6.18 Å². The molecule has 6 nitrogen and oxygen atoms in total. The van der Waals surface area contributed by atoms with E-state index < -0.39 is 11.9 Å². The van der Waals surface area contributed by atoms with E-state index in [-0.39, 0.29) is 17.3 Å². The van der Waals surface area contributed by atoms with Crippen LogP contribution in [-0.4, -0.2) is 49.1 Å². The molecule has 2 heterocycles. The number of piperazine rings is 1. The molecule has 35 heavy (non-hydrogen) atoms. The van der Waals surface area contributed by atoms with Crippen molar-refractivity contribution in [3.63, 3.8) is 0 Å². The highest BCUT2D eigenvalue weighted by molar-refractivity contribution is 6.30. The van der Waals surface area contributed by atoms with Crippen molar-refractivity contribution in [1.29, 1.82) is 0 Å². The van der Waals surface area contributed by atoms with E-state index >= 15 is 0 Å². The van der Waals surface area contributed by atoms with Crippen molar-refractivity contribution in [3.05, 3.63) is 76.4 Å². The topological polar surface area (TPSA) is 57.7 Å². The van der Waals surface area contributed by atoms with E-state index in [1.54, 1.807) is 37.1 Å². The Morgan fingerprint density at radius 3 is 2.34 bits per heavy atom. The molecule has 184 valence electrons. The van der Waals surface area contributed by atoms with Gasteiger partial charge in [0.15, 0.2) is 0 Å². The molecule has 1 fully saturated rings. The number of aromatic nitrogens is 1.